The van der Waals surface area contributed by atoms with E-state index in [2.05, 4.69) is 10.3 Å². The number of furan rings is 1. The van der Waals surface area contributed by atoms with Gasteiger partial charge in [-0.1, -0.05) is 6.07 Å². The van der Waals surface area contributed by atoms with Crippen LogP contribution in [0.25, 0.3) is 10.8 Å². The first-order chi connectivity index (χ1) is 10.3. The summed E-state index contributed by atoms with van der Waals surface area (Å²) in [7, 11) is 1.58. The monoisotopic (exact) mass is 300 g/mol. The number of amides is 1. The van der Waals surface area contributed by atoms with Crippen molar-refractivity contribution in [3.8, 4) is 16.5 Å². The van der Waals surface area contributed by atoms with Gasteiger partial charge in [-0.3, -0.25) is 4.79 Å². The predicted molar refractivity (Wildman–Crippen MR) is 80.8 cm³/mol. The number of anilines is 1. The highest BCUT2D eigenvalue weighted by Gasteiger charge is 2.13. The van der Waals surface area contributed by atoms with Crippen molar-refractivity contribution in [1.82, 2.24) is 4.98 Å². The van der Waals surface area contributed by atoms with Crippen molar-refractivity contribution in [3.05, 3.63) is 53.7 Å². The zero-order valence-electron chi connectivity index (χ0n) is 11.2. The molecule has 0 aliphatic carbocycles. The normalized spacial score (nSPS) is 10.3. The number of carbonyl (C=O) groups excluding carboxylic acids is 1. The molecule has 5 nitrogen and oxygen atoms in total. The molecule has 0 atom stereocenters. The van der Waals surface area contributed by atoms with Crippen LogP contribution < -0.4 is 10.1 Å². The van der Waals surface area contributed by atoms with E-state index < -0.39 is 0 Å². The molecule has 0 aliphatic heterocycles. The van der Waals surface area contributed by atoms with Crippen LogP contribution in [0.3, 0.4) is 0 Å². The molecule has 1 amide bonds. The molecule has 0 saturated carbocycles. The van der Waals surface area contributed by atoms with E-state index in [-0.39, 0.29) is 5.91 Å². The van der Waals surface area contributed by atoms with E-state index in [0.717, 1.165) is 0 Å². The van der Waals surface area contributed by atoms with Gasteiger partial charge in [0.15, 0.2) is 10.8 Å². The van der Waals surface area contributed by atoms with Crippen molar-refractivity contribution in [3.63, 3.8) is 0 Å². The van der Waals surface area contributed by atoms with Crippen LogP contribution in [-0.2, 0) is 0 Å². The van der Waals surface area contributed by atoms with Gasteiger partial charge in [-0.25, -0.2) is 4.98 Å². The highest BCUT2D eigenvalue weighted by Crippen LogP contribution is 2.24. The number of rotatable bonds is 4. The molecule has 0 bridgehead atoms. The summed E-state index contributed by atoms with van der Waals surface area (Å²) in [6.45, 7) is 0. The fourth-order valence-electron chi connectivity index (χ4n) is 1.79. The molecular formula is C15H12N2O3S. The minimum Gasteiger partial charge on any atom is -0.497 e. The minimum absolute atomic E-state index is 0.266. The number of methoxy groups -OCH3 is 1. The Morgan fingerprint density at radius 2 is 2.24 bits per heavy atom. The average Bonchev–Trinajstić information content (AvgIpc) is 3.18. The number of benzene rings is 1. The van der Waals surface area contributed by atoms with Crippen LogP contribution in [-0.4, -0.2) is 18.0 Å². The standard InChI is InChI=1S/C15H12N2O3S/c1-19-11-5-2-4-10(8-11)16-14(18)12-9-21-15(17-12)13-6-3-7-20-13/h2-9H,1H3,(H,16,18). The third kappa shape index (κ3) is 2.95. The number of aromatic nitrogens is 1. The number of nitrogens with zero attached hydrogens (tertiary/aromatic N) is 1. The van der Waals surface area contributed by atoms with Crippen LogP contribution in [0.2, 0.25) is 0 Å². The van der Waals surface area contributed by atoms with E-state index in [1.54, 1.807) is 37.0 Å². The first kappa shape index (κ1) is 13.4. The summed E-state index contributed by atoms with van der Waals surface area (Å²) < 4.78 is 10.4. The van der Waals surface area contributed by atoms with Crippen molar-refractivity contribution < 1.29 is 13.9 Å². The molecule has 0 radical (unpaired) electrons. The fraction of sp³-hybridized carbons (Fsp3) is 0.0667. The van der Waals surface area contributed by atoms with Gasteiger partial charge in [0.25, 0.3) is 5.91 Å². The van der Waals surface area contributed by atoms with Gasteiger partial charge >= 0.3 is 0 Å². The fourth-order valence-corrected chi connectivity index (χ4v) is 2.55. The topological polar surface area (TPSA) is 64.4 Å². The summed E-state index contributed by atoms with van der Waals surface area (Å²) in [5, 5.41) is 5.16. The van der Waals surface area contributed by atoms with Crippen LogP contribution in [0.15, 0.2) is 52.5 Å². The third-order valence-electron chi connectivity index (χ3n) is 2.80. The number of ether oxygens (including phenoxy) is 1. The van der Waals surface area contributed by atoms with Gasteiger partial charge < -0.3 is 14.5 Å². The van der Waals surface area contributed by atoms with Crippen molar-refractivity contribution in [1.29, 1.82) is 0 Å². The van der Waals surface area contributed by atoms with Crippen molar-refractivity contribution in [2.45, 2.75) is 0 Å². The van der Waals surface area contributed by atoms with Crippen molar-refractivity contribution in [2.75, 3.05) is 12.4 Å². The number of hydrogen-bond donors (Lipinski definition) is 1. The molecule has 6 heteroatoms. The van der Waals surface area contributed by atoms with Gasteiger partial charge in [0.05, 0.1) is 13.4 Å². The summed E-state index contributed by atoms with van der Waals surface area (Å²) in [4.78, 5) is 16.4. The highest BCUT2D eigenvalue weighted by molar-refractivity contribution is 7.13. The lowest BCUT2D eigenvalue weighted by Gasteiger charge is -2.05. The second kappa shape index (κ2) is 5.80. The van der Waals surface area contributed by atoms with Crippen LogP contribution in [0.4, 0.5) is 5.69 Å². The first-order valence-electron chi connectivity index (χ1n) is 6.21. The van der Waals surface area contributed by atoms with Gasteiger partial charge in [0.2, 0.25) is 0 Å². The van der Waals surface area contributed by atoms with E-state index in [1.165, 1.54) is 11.3 Å². The molecule has 2 heterocycles. The van der Waals surface area contributed by atoms with E-state index in [0.29, 0.717) is 27.9 Å². The lowest BCUT2D eigenvalue weighted by Crippen LogP contribution is -2.12. The SMILES string of the molecule is COc1cccc(NC(=O)c2csc(-c3ccco3)n2)c1. The van der Waals surface area contributed by atoms with Crippen molar-refractivity contribution >= 4 is 22.9 Å². The lowest BCUT2D eigenvalue weighted by molar-refractivity contribution is 0.102. The Morgan fingerprint density at radius 1 is 1.33 bits per heavy atom. The van der Waals surface area contributed by atoms with Crippen LogP contribution in [0, 0.1) is 0 Å². The molecule has 21 heavy (non-hydrogen) atoms. The zero-order chi connectivity index (χ0) is 14.7. The number of carbonyl (C=O) groups is 1. The largest absolute Gasteiger partial charge is 0.497 e. The maximum atomic E-state index is 12.2. The van der Waals surface area contributed by atoms with Gasteiger partial charge in [0, 0.05) is 17.1 Å². The molecule has 0 unspecified atom stereocenters. The minimum atomic E-state index is -0.266. The molecule has 0 aliphatic rings. The Morgan fingerprint density at radius 3 is 3.00 bits per heavy atom. The van der Waals surface area contributed by atoms with Gasteiger partial charge in [-0.15, -0.1) is 11.3 Å². The molecule has 3 rings (SSSR count). The molecule has 1 aromatic carbocycles. The second-order valence-corrected chi connectivity index (χ2v) is 5.06. The quantitative estimate of drug-likeness (QED) is 0.798. The third-order valence-corrected chi connectivity index (χ3v) is 3.65. The Balaban J connectivity index is 1.76. The Hall–Kier alpha value is -2.60. The van der Waals surface area contributed by atoms with E-state index in [1.807, 2.05) is 18.2 Å². The smallest absolute Gasteiger partial charge is 0.275 e. The average molecular weight is 300 g/mol. The maximum Gasteiger partial charge on any atom is 0.275 e. The molecule has 2 aromatic heterocycles. The summed E-state index contributed by atoms with van der Waals surface area (Å²) in [5.74, 6) is 1.07. The first-order valence-corrected chi connectivity index (χ1v) is 7.09. The molecule has 0 saturated heterocycles. The Labute approximate surface area is 125 Å². The highest BCUT2D eigenvalue weighted by atomic mass is 32.1. The van der Waals surface area contributed by atoms with Crippen molar-refractivity contribution in [2.24, 2.45) is 0 Å². The summed E-state index contributed by atoms with van der Waals surface area (Å²) in [6.07, 6.45) is 1.58. The Kier molecular flexibility index (Phi) is 3.70. The maximum absolute atomic E-state index is 12.2. The van der Waals surface area contributed by atoms with Gasteiger partial charge in [-0.05, 0) is 24.3 Å². The molecule has 106 valence electrons. The number of nitrogens with one attached hydrogen (secondary N) is 1. The van der Waals surface area contributed by atoms with Crippen LogP contribution in [0.5, 0.6) is 5.75 Å². The molecule has 0 fully saturated rings. The van der Waals surface area contributed by atoms with E-state index in [4.69, 9.17) is 9.15 Å². The van der Waals surface area contributed by atoms with E-state index >= 15 is 0 Å². The number of hydrogen-bond acceptors (Lipinski definition) is 5. The molecule has 1 N–H and O–H groups in total. The molecule has 0 spiro atoms. The van der Waals surface area contributed by atoms with Gasteiger partial charge in [0.1, 0.15) is 11.4 Å². The Bertz CT molecular complexity index is 750. The molecular weight excluding hydrogens is 288 g/mol. The number of thiazole rings is 1. The summed E-state index contributed by atoms with van der Waals surface area (Å²) in [6, 6.07) is 10.8. The second-order valence-electron chi connectivity index (χ2n) is 4.20. The van der Waals surface area contributed by atoms with E-state index in [9.17, 15) is 4.79 Å². The summed E-state index contributed by atoms with van der Waals surface area (Å²) >= 11 is 1.36. The van der Waals surface area contributed by atoms with Gasteiger partial charge in [-0.2, -0.15) is 0 Å². The predicted octanol–water partition coefficient (Wildman–Crippen LogP) is 3.66. The molecule has 3 aromatic rings. The van der Waals surface area contributed by atoms with Crippen LogP contribution in [0.1, 0.15) is 10.5 Å². The zero-order valence-corrected chi connectivity index (χ0v) is 12.0. The van der Waals surface area contributed by atoms with Crippen LogP contribution >= 0.6 is 11.3 Å². The lowest BCUT2D eigenvalue weighted by atomic mass is 10.3. The summed E-state index contributed by atoms with van der Waals surface area (Å²) in [5.41, 5.74) is 1.01.